The smallest absolute Gasteiger partial charge is 0.547 e. The van der Waals surface area contributed by atoms with E-state index in [2.05, 4.69) is 0 Å². The minimum absolute atomic E-state index is 0. The molecule has 0 fully saturated rings. The Hall–Kier alpha value is -4.38. The first kappa shape index (κ1) is 52.8. The largest absolute Gasteiger partial charge is 2.00 e. The van der Waals surface area contributed by atoms with Crippen LogP contribution in [0.1, 0.15) is 49.9 Å². The maximum Gasteiger partial charge on any atom is 2.00 e. The molecule has 12 nitrogen and oxygen atoms in total. The Bertz CT molecular complexity index is 1950. The van der Waals surface area contributed by atoms with Gasteiger partial charge in [-0.3, -0.25) is 0 Å². The standard InChI is InChI=1S/2C22H23ClFNO5.Ca/c2*1-14(2)30-21(22(26)27)9-15-4-3-5-19(8-15)28-12-18(24)13-29-20-7-6-17(23)10-16(20)11-25;/h2*3-8,10,14,18,21H,9,12-13H2,1-2H3,(H,26,27);/q;;+2/p-2. The van der Waals surface area contributed by atoms with Gasteiger partial charge < -0.3 is 48.2 Å². The van der Waals surface area contributed by atoms with E-state index >= 15 is 0 Å². The molecule has 320 valence electrons. The summed E-state index contributed by atoms with van der Waals surface area (Å²) in [4.78, 5) is 22.5. The number of carbonyl (C=O) groups excluding carboxylic acids is 2. The van der Waals surface area contributed by atoms with Gasteiger partial charge in [-0.1, -0.05) is 47.5 Å². The topological polar surface area (TPSA) is 183 Å². The van der Waals surface area contributed by atoms with Crippen LogP contribution in [0.15, 0.2) is 84.9 Å². The normalized spacial score (nSPS) is 12.6. The number of benzene rings is 4. The molecule has 4 atom stereocenters. The van der Waals surface area contributed by atoms with Crippen LogP contribution in [0.2, 0.25) is 10.0 Å². The summed E-state index contributed by atoms with van der Waals surface area (Å²) >= 11 is 11.6. The Labute approximate surface area is 393 Å². The zero-order chi connectivity index (χ0) is 44.2. The molecule has 61 heavy (non-hydrogen) atoms. The Kier molecular flexibility index (Phi) is 23.8. The number of carboxylic acid groups (broad SMARTS) is 2. The third-order valence-electron chi connectivity index (χ3n) is 7.86. The summed E-state index contributed by atoms with van der Waals surface area (Å²) in [6.07, 6.45) is -5.38. The predicted molar refractivity (Wildman–Crippen MR) is 220 cm³/mol. The van der Waals surface area contributed by atoms with E-state index in [4.69, 9.17) is 62.1 Å². The molecule has 0 N–H and O–H groups in total. The first-order chi connectivity index (χ1) is 28.6. The number of nitrogens with zero attached hydrogens (tertiary/aromatic N) is 2. The summed E-state index contributed by atoms with van der Waals surface area (Å²) in [7, 11) is 0. The zero-order valence-electron chi connectivity index (χ0n) is 34.0. The molecule has 0 aliphatic rings. The summed E-state index contributed by atoms with van der Waals surface area (Å²) < 4.78 is 60.7. The van der Waals surface area contributed by atoms with Gasteiger partial charge in [0.25, 0.3) is 0 Å². The third kappa shape index (κ3) is 19.9. The molecule has 4 unspecified atom stereocenters. The van der Waals surface area contributed by atoms with Gasteiger partial charge in [0.05, 0.1) is 35.3 Å². The summed E-state index contributed by atoms with van der Waals surface area (Å²) in [6, 6.07) is 26.2. The third-order valence-corrected chi connectivity index (χ3v) is 8.33. The van der Waals surface area contributed by atoms with Crippen molar-refractivity contribution in [2.45, 2.75) is 77.3 Å². The van der Waals surface area contributed by atoms with Crippen LogP contribution in [0.25, 0.3) is 0 Å². The number of ether oxygens (including phenoxy) is 6. The molecular weight excluding hydrogens is 865 g/mol. The van der Waals surface area contributed by atoms with Crippen molar-refractivity contribution in [2.24, 2.45) is 0 Å². The van der Waals surface area contributed by atoms with Crippen LogP contribution in [0.3, 0.4) is 0 Å². The van der Waals surface area contributed by atoms with Gasteiger partial charge in [0.2, 0.25) is 0 Å². The fraction of sp³-hybridized carbons (Fsp3) is 0.364. The van der Waals surface area contributed by atoms with Crippen LogP contribution in [0.5, 0.6) is 23.0 Å². The Morgan fingerprint density at radius 2 is 0.967 bits per heavy atom. The summed E-state index contributed by atoms with van der Waals surface area (Å²) in [5, 5.41) is 41.4. The minimum Gasteiger partial charge on any atom is -0.547 e. The molecule has 0 radical (unpaired) electrons. The predicted octanol–water partition coefficient (Wildman–Crippen LogP) is 5.81. The quantitative estimate of drug-likeness (QED) is 0.0865. The van der Waals surface area contributed by atoms with Gasteiger partial charge >= 0.3 is 37.7 Å². The van der Waals surface area contributed by atoms with Crippen molar-refractivity contribution in [1.82, 2.24) is 0 Å². The molecule has 4 aromatic rings. The fourth-order valence-corrected chi connectivity index (χ4v) is 5.59. The van der Waals surface area contributed by atoms with Gasteiger partial charge in [-0.2, -0.15) is 10.5 Å². The van der Waals surface area contributed by atoms with Crippen molar-refractivity contribution >= 4 is 72.9 Å². The Morgan fingerprint density at radius 3 is 1.30 bits per heavy atom. The van der Waals surface area contributed by atoms with Gasteiger partial charge in [0.1, 0.15) is 73.8 Å². The van der Waals surface area contributed by atoms with Crippen LogP contribution < -0.4 is 29.2 Å². The second-order valence-electron chi connectivity index (χ2n) is 13.6. The van der Waals surface area contributed by atoms with Crippen molar-refractivity contribution < 1.29 is 57.0 Å². The average molecular weight is 910 g/mol. The van der Waals surface area contributed by atoms with E-state index in [-0.39, 0.29) is 112 Å². The molecule has 0 bridgehead atoms. The molecule has 0 spiro atoms. The summed E-state index contributed by atoms with van der Waals surface area (Å²) in [5.41, 5.74) is 1.76. The second-order valence-corrected chi connectivity index (χ2v) is 14.5. The minimum atomic E-state index is -1.45. The van der Waals surface area contributed by atoms with Crippen molar-refractivity contribution in [3.63, 3.8) is 0 Å². The Morgan fingerprint density at radius 1 is 0.607 bits per heavy atom. The van der Waals surface area contributed by atoms with Crippen LogP contribution in [0, 0.1) is 22.7 Å². The maximum absolute atomic E-state index is 14.2. The monoisotopic (exact) mass is 908 g/mol. The SMILES string of the molecule is CC(C)OC(Cc1cccc(OCC(F)COc2ccc(Cl)cc2C#N)c1)C(=O)[O-].CC(C)OC(Cc1cccc(OCC(F)COc2ccc(Cl)cc2C#N)c1)C(=O)[O-].[Ca+2]. The first-order valence-electron chi connectivity index (χ1n) is 18.7. The number of carbonyl (C=O) groups is 2. The number of halogens is 4. The first-order valence-corrected chi connectivity index (χ1v) is 19.4. The van der Waals surface area contributed by atoms with Crippen LogP contribution >= 0.6 is 23.2 Å². The summed E-state index contributed by atoms with van der Waals surface area (Å²) in [6.45, 7) is 5.81. The summed E-state index contributed by atoms with van der Waals surface area (Å²) in [5.74, 6) is -1.33. The van der Waals surface area contributed by atoms with Gasteiger partial charge in [-0.25, -0.2) is 8.78 Å². The number of aliphatic carboxylic acids is 2. The number of hydrogen-bond acceptors (Lipinski definition) is 12. The maximum atomic E-state index is 14.2. The molecule has 4 aromatic carbocycles. The van der Waals surface area contributed by atoms with Crippen molar-refractivity contribution in [1.29, 1.82) is 10.5 Å². The molecule has 17 heteroatoms. The second kappa shape index (κ2) is 27.5. The molecule has 0 amide bonds. The van der Waals surface area contributed by atoms with Gasteiger partial charge in [-0.05, 0) is 99.5 Å². The average Bonchev–Trinajstić information content (AvgIpc) is 3.20. The zero-order valence-corrected chi connectivity index (χ0v) is 37.7. The van der Waals surface area contributed by atoms with Gasteiger partial charge in [0.15, 0.2) is 12.3 Å². The van der Waals surface area contributed by atoms with Crippen molar-refractivity contribution in [3.05, 3.63) is 117 Å². The number of hydrogen-bond donors (Lipinski definition) is 0. The van der Waals surface area contributed by atoms with Crippen molar-refractivity contribution in [2.75, 3.05) is 26.4 Å². The van der Waals surface area contributed by atoms with E-state index in [1.54, 1.807) is 88.4 Å². The molecule has 0 aliphatic heterocycles. The molecule has 0 aromatic heterocycles. The molecule has 0 aliphatic carbocycles. The van der Waals surface area contributed by atoms with Gasteiger partial charge in [0, 0.05) is 22.9 Å². The van der Waals surface area contributed by atoms with Crippen LogP contribution in [-0.2, 0) is 31.9 Å². The van der Waals surface area contributed by atoms with E-state index in [0.717, 1.165) is 0 Å². The number of nitriles is 2. The van der Waals surface area contributed by atoms with Crippen LogP contribution in [-0.4, -0.2) is 113 Å². The molecule has 4 rings (SSSR count). The molecule has 0 saturated heterocycles. The van der Waals surface area contributed by atoms with E-state index in [9.17, 15) is 28.6 Å². The van der Waals surface area contributed by atoms with Crippen molar-refractivity contribution in [3.8, 4) is 35.1 Å². The van der Waals surface area contributed by atoms with E-state index in [1.165, 1.54) is 24.3 Å². The number of carboxylic acids is 2. The molecule has 0 heterocycles. The van der Waals surface area contributed by atoms with Gasteiger partial charge in [-0.15, -0.1) is 0 Å². The van der Waals surface area contributed by atoms with E-state index < -0.39 is 36.5 Å². The fourth-order valence-electron chi connectivity index (χ4n) is 5.24. The number of rotatable bonds is 22. The molecule has 0 saturated carbocycles. The van der Waals surface area contributed by atoms with E-state index in [1.807, 2.05) is 12.1 Å². The number of alkyl halides is 2. The van der Waals surface area contributed by atoms with E-state index in [0.29, 0.717) is 32.7 Å². The Balaban J connectivity index is 0.000000413. The molecular formula is C44H44CaCl2F2N2O10. The van der Waals surface area contributed by atoms with Crippen LogP contribution in [0.4, 0.5) is 8.78 Å².